The zero-order chi connectivity index (χ0) is 23.5. The molecule has 2 aromatic rings. The Bertz CT molecular complexity index is 1070. The Balaban J connectivity index is 1.99. The van der Waals surface area contributed by atoms with Gasteiger partial charge in [-0.2, -0.15) is 13.2 Å². The minimum absolute atomic E-state index is 0.0730. The van der Waals surface area contributed by atoms with Gasteiger partial charge in [0.05, 0.1) is 21.2 Å². The largest absolute Gasteiger partial charge is 0.417 e. The summed E-state index contributed by atoms with van der Waals surface area (Å²) in [5.41, 5.74) is -0.647. The van der Waals surface area contributed by atoms with Gasteiger partial charge in [-0.25, -0.2) is 8.42 Å². The Morgan fingerprint density at radius 3 is 2.31 bits per heavy atom. The van der Waals surface area contributed by atoms with Gasteiger partial charge in [0.25, 0.3) is 10.0 Å². The molecule has 1 fully saturated rings. The Hall–Kier alpha value is -2.26. The van der Waals surface area contributed by atoms with E-state index in [4.69, 9.17) is 11.6 Å². The second-order valence-electron chi connectivity index (χ2n) is 7.89. The fourth-order valence-electron chi connectivity index (χ4n) is 3.69. The van der Waals surface area contributed by atoms with E-state index in [-0.39, 0.29) is 16.6 Å². The van der Waals surface area contributed by atoms with E-state index in [1.54, 1.807) is 19.1 Å². The van der Waals surface area contributed by atoms with Crippen LogP contribution in [0.4, 0.5) is 18.9 Å². The SMILES string of the molecule is Cc1ccc(S(=O)(=O)N(CC(=O)NC2CCCCC2)c2ccc(Cl)c(C(F)(F)F)c2)cc1. The van der Waals surface area contributed by atoms with Crippen LogP contribution in [0.3, 0.4) is 0 Å². The van der Waals surface area contributed by atoms with E-state index in [2.05, 4.69) is 5.32 Å². The van der Waals surface area contributed by atoms with Crippen LogP contribution in [-0.2, 0) is 21.0 Å². The van der Waals surface area contributed by atoms with Gasteiger partial charge < -0.3 is 5.32 Å². The van der Waals surface area contributed by atoms with E-state index >= 15 is 0 Å². The summed E-state index contributed by atoms with van der Waals surface area (Å²) in [6.45, 7) is 1.13. The maximum absolute atomic E-state index is 13.4. The molecule has 0 radical (unpaired) electrons. The van der Waals surface area contributed by atoms with Crippen molar-refractivity contribution in [1.82, 2.24) is 5.32 Å². The summed E-state index contributed by atoms with van der Waals surface area (Å²) >= 11 is 5.70. The molecule has 0 aliphatic heterocycles. The molecule has 0 unspecified atom stereocenters. The van der Waals surface area contributed by atoms with Gasteiger partial charge in [-0.15, -0.1) is 0 Å². The zero-order valence-electron chi connectivity index (χ0n) is 17.5. The van der Waals surface area contributed by atoms with E-state index in [1.807, 2.05) is 0 Å². The molecule has 1 aliphatic carbocycles. The Morgan fingerprint density at radius 1 is 1.09 bits per heavy atom. The van der Waals surface area contributed by atoms with Gasteiger partial charge in [0.15, 0.2) is 0 Å². The first kappa shape index (κ1) is 24.4. The van der Waals surface area contributed by atoms with Crippen LogP contribution in [0.25, 0.3) is 0 Å². The van der Waals surface area contributed by atoms with Crippen molar-refractivity contribution in [2.75, 3.05) is 10.8 Å². The number of benzene rings is 2. The number of carbonyl (C=O) groups is 1. The number of nitrogens with zero attached hydrogens (tertiary/aromatic N) is 1. The molecule has 1 N–H and O–H groups in total. The molecular formula is C22H24ClF3N2O3S. The number of halogens is 4. The molecule has 32 heavy (non-hydrogen) atoms. The molecule has 10 heteroatoms. The molecule has 0 saturated heterocycles. The first-order chi connectivity index (χ1) is 15.0. The molecule has 1 saturated carbocycles. The molecule has 0 heterocycles. The molecule has 5 nitrogen and oxygen atoms in total. The van der Waals surface area contributed by atoms with Gasteiger partial charge in [0.1, 0.15) is 6.54 Å². The maximum atomic E-state index is 13.4. The quantitative estimate of drug-likeness (QED) is 0.599. The fraction of sp³-hybridized carbons (Fsp3) is 0.409. The van der Waals surface area contributed by atoms with Gasteiger partial charge in [-0.05, 0) is 50.1 Å². The number of sulfonamides is 1. The lowest BCUT2D eigenvalue weighted by molar-refractivity contribution is -0.137. The van der Waals surface area contributed by atoms with E-state index in [0.29, 0.717) is 10.4 Å². The van der Waals surface area contributed by atoms with Gasteiger partial charge in [0, 0.05) is 6.04 Å². The third-order valence-electron chi connectivity index (χ3n) is 5.41. The first-order valence-electron chi connectivity index (χ1n) is 10.2. The monoisotopic (exact) mass is 488 g/mol. The van der Waals surface area contributed by atoms with E-state index in [1.165, 1.54) is 12.1 Å². The minimum Gasteiger partial charge on any atom is -0.352 e. The van der Waals surface area contributed by atoms with E-state index in [0.717, 1.165) is 49.8 Å². The van der Waals surface area contributed by atoms with Crippen molar-refractivity contribution in [1.29, 1.82) is 0 Å². The van der Waals surface area contributed by atoms with Gasteiger partial charge in [0.2, 0.25) is 5.91 Å². The number of anilines is 1. The normalized spacial score (nSPS) is 15.4. The predicted octanol–water partition coefficient (Wildman–Crippen LogP) is 5.31. The van der Waals surface area contributed by atoms with Crippen molar-refractivity contribution in [3.05, 3.63) is 58.6 Å². The van der Waals surface area contributed by atoms with Crippen LogP contribution in [0, 0.1) is 6.92 Å². The van der Waals surface area contributed by atoms with E-state index in [9.17, 15) is 26.4 Å². The molecule has 0 spiro atoms. The number of hydrogen-bond donors (Lipinski definition) is 1. The second kappa shape index (κ2) is 9.70. The molecule has 0 aromatic heterocycles. The van der Waals surface area contributed by atoms with E-state index < -0.39 is 39.2 Å². The number of hydrogen-bond acceptors (Lipinski definition) is 3. The molecule has 0 atom stereocenters. The number of aryl methyl sites for hydroxylation is 1. The average molecular weight is 489 g/mol. The highest BCUT2D eigenvalue weighted by atomic mass is 35.5. The lowest BCUT2D eigenvalue weighted by atomic mass is 9.95. The molecule has 1 amide bonds. The summed E-state index contributed by atoms with van der Waals surface area (Å²) in [5.74, 6) is -0.573. The first-order valence-corrected chi connectivity index (χ1v) is 12.1. The summed E-state index contributed by atoms with van der Waals surface area (Å²) in [4.78, 5) is 12.6. The Kier molecular flexibility index (Phi) is 7.39. The van der Waals surface area contributed by atoms with Crippen molar-refractivity contribution in [3.8, 4) is 0 Å². The summed E-state index contributed by atoms with van der Waals surface area (Å²) < 4.78 is 67.6. The number of rotatable bonds is 6. The van der Waals surface area contributed by atoms with Crippen LogP contribution in [0.1, 0.15) is 43.2 Å². The van der Waals surface area contributed by atoms with Crippen molar-refractivity contribution in [3.63, 3.8) is 0 Å². The highest BCUT2D eigenvalue weighted by molar-refractivity contribution is 7.92. The van der Waals surface area contributed by atoms with Crippen molar-refractivity contribution in [2.45, 2.75) is 56.1 Å². The molecule has 2 aromatic carbocycles. The smallest absolute Gasteiger partial charge is 0.352 e. The molecule has 0 bridgehead atoms. The van der Waals surface area contributed by atoms with Crippen molar-refractivity contribution in [2.24, 2.45) is 0 Å². The summed E-state index contributed by atoms with van der Waals surface area (Å²) in [7, 11) is -4.32. The summed E-state index contributed by atoms with van der Waals surface area (Å²) in [6.07, 6.45) is -0.210. The standard InChI is InChI=1S/C22H24ClF3N2O3S/c1-15-7-10-18(11-8-15)32(30,31)28(14-21(29)27-16-5-3-2-4-6-16)17-9-12-20(23)19(13-17)22(24,25)26/h7-13,16H,2-6,14H2,1H3,(H,27,29). The number of nitrogens with one attached hydrogen (secondary N) is 1. The Labute approximate surface area is 190 Å². The summed E-state index contributed by atoms with van der Waals surface area (Å²) in [5, 5.41) is 2.26. The average Bonchev–Trinajstić information content (AvgIpc) is 2.73. The lowest BCUT2D eigenvalue weighted by Gasteiger charge is -2.27. The number of amides is 1. The third kappa shape index (κ3) is 5.75. The van der Waals surface area contributed by atoms with Gasteiger partial charge in [-0.3, -0.25) is 9.10 Å². The minimum atomic E-state index is -4.78. The zero-order valence-corrected chi connectivity index (χ0v) is 19.0. The fourth-order valence-corrected chi connectivity index (χ4v) is 5.33. The number of carbonyl (C=O) groups excluding carboxylic acids is 1. The van der Waals surface area contributed by atoms with Crippen LogP contribution in [0.15, 0.2) is 47.4 Å². The van der Waals surface area contributed by atoms with Crippen LogP contribution in [-0.4, -0.2) is 26.9 Å². The predicted molar refractivity (Wildman–Crippen MR) is 117 cm³/mol. The van der Waals surface area contributed by atoms with Crippen molar-refractivity contribution >= 4 is 33.2 Å². The molecule has 1 aliphatic rings. The van der Waals surface area contributed by atoms with Crippen LogP contribution >= 0.6 is 11.6 Å². The second-order valence-corrected chi connectivity index (χ2v) is 10.2. The Morgan fingerprint density at radius 2 is 1.72 bits per heavy atom. The maximum Gasteiger partial charge on any atom is 0.417 e. The molecular weight excluding hydrogens is 465 g/mol. The highest BCUT2D eigenvalue weighted by Crippen LogP contribution is 2.38. The molecule has 3 rings (SSSR count). The van der Waals surface area contributed by atoms with Gasteiger partial charge in [-0.1, -0.05) is 48.6 Å². The van der Waals surface area contributed by atoms with Crippen molar-refractivity contribution < 1.29 is 26.4 Å². The summed E-state index contributed by atoms with van der Waals surface area (Å²) in [6, 6.07) is 8.60. The van der Waals surface area contributed by atoms with Crippen LogP contribution in [0.2, 0.25) is 5.02 Å². The molecule has 174 valence electrons. The lowest BCUT2D eigenvalue weighted by Crippen LogP contribution is -2.45. The van der Waals surface area contributed by atoms with Crippen LogP contribution in [0.5, 0.6) is 0 Å². The third-order valence-corrected chi connectivity index (χ3v) is 7.53. The van der Waals surface area contributed by atoms with Crippen LogP contribution < -0.4 is 9.62 Å². The topological polar surface area (TPSA) is 66.5 Å². The van der Waals surface area contributed by atoms with Gasteiger partial charge >= 0.3 is 6.18 Å². The number of alkyl halides is 3. The highest BCUT2D eigenvalue weighted by Gasteiger charge is 2.35.